The van der Waals surface area contributed by atoms with Gasteiger partial charge in [-0.15, -0.1) is 0 Å². The van der Waals surface area contributed by atoms with Crippen molar-refractivity contribution in [3.63, 3.8) is 0 Å². The highest BCUT2D eigenvalue weighted by atomic mass is 16.5. The topological polar surface area (TPSA) is 126 Å². The number of carbonyl (C=O) groups excluding carboxylic acids is 3. The van der Waals surface area contributed by atoms with E-state index in [0.29, 0.717) is 31.6 Å². The Hall–Kier alpha value is -3.34. The number of carbonyl (C=O) groups is 3. The number of rotatable bonds is 7. The van der Waals surface area contributed by atoms with Gasteiger partial charge in [0.1, 0.15) is 5.84 Å². The minimum absolute atomic E-state index is 0.0283. The quantitative estimate of drug-likeness (QED) is 0.211. The maximum atomic E-state index is 12.8. The number of piperidine rings is 1. The molecule has 0 bridgehead atoms. The number of amides is 2. The third-order valence-electron chi connectivity index (χ3n) is 4.52. The normalized spacial score (nSPS) is 15.8. The van der Waals surface area contributed by atoms with E-state index in [0.717, 1.165) is 12.1 Å². The minimum atomic E-state index is -0.405. The number of hydrogen-bond donors (Lipinski definition) is 3. The molecule has 0 aliphatic carbocycles. The number of hydrogen-bond acceptors (Lipinski definition) is 5. The highest BCUT2D eigenvalue weighted by Gasteiger charge is 2.31. The summed E-state index contributed by atoms with van der Waals surface area (Å²) in [5.74, 6) is 1.52. The summed E-state index contributed by atoms with van der Waals surface area (Å²) >= 11 is 0. The number of benzene rings is 1. The summed E-state index contributed by atoms with van der Waals surface area (Å²) in [4.78, 5) is 37.8. The Labute approximate surface area is 170 Å². The lowest BCUT2D eigenvalue weighted by atomic mass is 9.93. The van der Waals surface area contributed by atoms with Gasteiger partial charge in [-0.25, -0.2) is 0 Å². The Morgan fingerprint density at radius 2 is 2.07 bits per heavy atom. The number of anilines is 1. The number of nitrogens with two attached hydrogens (primary N) is 1. The van der Waals surface area contributed by atoms with Crippen molar-refractivity contribution in [1.82, 2.24) is 5.32 Å². The molecule has 8 nitrogen and oxygen atoms in total. The molecule has 0 aromatic heterocycles. The molecule has 2 amide bonds. The summed E-state index contributed by atoms with van der Waals surface area (Å²) in [6.45, 7) is 2.65. The first-order valence-electron chi connectivity index (χ1n) is 9.60. The van der Waals surface area contributed by atoms with E-state index >= 15 is 0 Å². The Morgan fingerprint density at radius 1 is 1.34 bits per heavy atom. The predicted octanol–water partition coefficient (Wildman–Crippen LogP) is 1.52. The van der Waals surface area contributed by atoms with Crippen LogP contribution >= 0.6 is 0 Å². The lowest BCUT2D eigenvalue weighted by Gasteiger charge is -2.32. The fraction of sp³-hybridized carbons (Fsp3) is 0.429. The van der Waals surface area contributed by atoms with Crippen LogP contribution in [0.15, 0.2) is 24.3 Å². The highest BCUT2D eigenvalue weighted by molar-refractivity contribution is 5.99. The summed E-state index contributed by atoms with van der Waals surface area (Å²) in [7, 11) is 0. The van der Waals surface area contributed by atoms with Crippen LogP contribution in [-0.2, 0) is 19.1 Å². The second-order valence-corrected chi connectivity index (χ2v) is 6.65. The number of nitrogens with one attached hydrogen (secondary N) is 2. The van der Waals surface area contributed by atoms with E-state index in [-0.39, 0.29) is 36.5 Å². The Morgan fingerprint density at radius 3 is 2.72 bits per heavy atom. The van der Waals surface area contributed by atoms with Crippen LogP contribution in [0.4, 0.5) is 5.69 Å². The minimum Gasteiger partial charge on any atom is -0.466 e. The van der Waals surface area contributed by atoms with Gasteiger partial charge in [-0.1, -0.05) is 5.92 Å². The molecule has 0 radical (unpaired) electrons. The van der Waals surface area contributed by atoms with Crippen molar-refractivity contribution in [1.29, 1.82) is 5.41 Å². The number of amidine groups is 1. The van der Waals surface area contributed by atoms with E-state index in [9.17, 15) is 14.4 Å². The van der Waals surface area contributed by atoms with E-state index in [2.05, 4.69) is 17.3 Å². The Bertz CT molecular complexity index is 823. The van der Waals surface area contributed by atoms with Crippen molar-refractivity contribution in [2.75, 3.05) is 18.1 Å². The van der Waals surface area contributed by atoms with Gasteiger partial charge in [0.15, 0.2) is 0 Å². The van der Waals surface area contributed by atoms with Gasteiger partial charge in [0, 0.05) is 42.6 Å². The molecule has 1 saturated heterocycles. The summed E-state index contributed by atoms with van der Waals surface area (Å²) in [5, 5.41) is 9.91. The Kier molecular flexibility index (Phi) is 8.22. The zero-order valence-corrected chi connectivity index (χ0v) is 16.5. The molecular weight excluding hydrogens is 372 g/mol. The lowest BCUT2D eigenvalue weighted by Crippen LogP contribution is -2.42. The van der Waals surface area contributed by atoms with Crippen molar-refractivity contribution in [2.45, 2.75) is 39.0 Å². The molecule has 1 atom stereocenters. The van der Waals surface area contributed by atoms with Crippen LogP contribution < -0.4 is 16.0 Å². The second-order valence-electron chi connectivity index (χ2n) is 6.65. The van der Waals surface area contributed by atoms with E-state index in [1.165, 1.54) is 0 Å². The van der Waals surface area contributed by atoms with Crippen molar-refractivity contribution in [3.8, 4) is 12.0 Å². The third kappa shape index (κ3) is 6.64. The third-order valence-corrected chi connectivity index (χ3v) is 4.52. The summed E-state index contributed by atoms with van der Waals surface area (Å²) < 4.78 is 4.79. The molecule has 1 aromatic rings. The summed E-state index contributed by atoms with van der Waals surface area (Å²) in [5.41, 5.74) is 6.78. The van der Waals surface area contributed by atoms with Crippen molar-refractivity contribution < 1.29 is 19.1 Å². The molecule has 29 heavy (non-hydrogen) atoms. The largest absolute Gasteiger partial charge is 0.466 e. The average molecular weight is 398 g/mol. The zero-order chi connectivity index (χ0) is 21.2. The van der Waals surface area contributed by atoms with Crippen LogP contribution in [0, 0.1) is 23.3 Å². The van der Waals surface area contributed by atoms with Crippen molar-refractivity contribution in [2.24, 2.45) is 11.7 Å². The highest BCUT2D eigenvalue weighted by Crippen LogP contribution is 2.26. The molecule has 1 heterocycles. The Balaban J connectivity index is 1.86. The molecule has 0 spiro atoms. The van der Waals surface area contributed by atoms with Gasteiger partial charge < -0.3 is 15.4 Å². The first-order valence-corrected chi connectivity index (χ1v) is 9.60. The predicted molar refractivity (Wildman–Crippen MR) is 109 cm³/mol. The van der Waals surface area contributed by atoms with Crippen molar-refractivity contribution in [3.05, 3.63) is 29.8 Å². The van der Waals surface area contributed by atoms with Crippen molar-refractivity contribution >= 4 is 29.3 Å². The number of nitrogens with zero attached hydrogens (tertiary/aromatic N) is 1. The smallest absolute Gasteiger partial charge is 0.306 e. The fourth-order valence-electron chi connectivity index (χ4n) is 3.07. The summed E-state index contributed by atoms with van der Waals surface area (Å²) in [6, 6.07) is 9.45. The number of ether oxygens (including phenoxy) is 1. The van der Waals surface area contributed by atoms with Gasteiger partial charge in [-0.2, -0.15) is 0 Å². The summed E-state index contributed by atoms with van der Waals surface area (Å²) in [6.07, 6.45) is 1.97. The molecule has 1 aliphatic heterocycles. The molecule has 1 fully saturated rings. The molecular formula is C21H26N4O4. The van der Waals surface area contributed by atoms with E-state index < -0.39 is 5.92 Å². The maximum Gasteiger partial charge on any atom is 0.306 e. The molecule has 1 aliphatic rings. The second kappa shape index (κ2) is 10.9. The molecule has 0 saturated carbocycles. The molecule has 4 N–H and O–H groups in total. The standard InChI is InChI=1S/C21H26N4O4/c1-2-29-19(27)7-3-4-12-24-18(26)14-16-6-5-13-25(21(16)28)17-10-8-15(9-11-17)20(22)23/h8-11,16H,2-3,5-7,13-14H2,1H3,(H3,22,23)(H,24,26)/t16-/m0/s1. The van der Waals surface area contributed by atoms with Gasteiger partial charge in [0.05, 0.1) is 13.0 Å². The average Bonchev–Trinajstić information content (AvgIpc) is 2.69. The van der Waals surface area contributed by atoms with E-state index in [1.54, 1.807) is 36.1 Å². The van der Waals surface area contributed by atoms with Gasteiger partial charge >= 0.3 is 5.97 Å². The number of nitrogen functional groups attached to an aromatic ring is 1. The molecule has 154 valence electrons. The van der Waals surface area contributed by atoms with Gasteiger partial charge in [0.25, 0.3) is 0 Å². The van der Waals surface area contributed by atoms with Crippen LogP contribution in [0.2, 0.25) is 0 Å². The monoisotopic (exact) mass is 398 g/mol. The van der Waals surface area contributed by atoms with Crippen LogP contribution in [0.5, 0.6) is 0 Å². The van der Waals surface area contributed by atoms with Crippen LogP contribution in [0.1, 0.15) is 44.6 Å². The van der Waals surface area contributed by atoms with Gasteiger partial charge in [0.2, 0.25) is 11.8 Å². The van der Waals surface area contributed by atoms with Crippen LogP contribution in [0.3, 0.4) is 0 Å². The SMILES string of the molecule is CCOC(=O)CCC#CNC(=O)C[C@@H]1CCCN(c2ccc(C(=N)N)cc2)C1=O. The molecule has 2 rings (SSSR count). The van der Waals surface area contributed by atoms with Gasteiger partial charge in [-0.3, -0.25) is 25.1 Å². The first-order chi connectivity index (χ1) is 13.9. The lowest BCUT2D eigenvalue weighted by molar-refractivity contribution is -0.143. The first kappa shape index (κ1) is 22.0. The zero-order valence-electron chi connectivity index (χ0n) is 16.5. The van der Waals surface area contributed by atoms with Gasteiger partial charge in [-0.05, 0) is 44.0 Å². The molecule has 0 unspecified atom stereocenters. The maximum absolute atomic E-state index is 12.8. The molecule has 8 heteroatoms. The number of esters is 1. The molecule has 1 aromatic carbocycles. The van der Waals surface area contributed by atoms with E-state index in [4.69, 9.17) is 15.9 Å². The van der Waals surface area contributed by atoms with E-state index in [1.807, 2.05) is 0 Å². The fourth-order valence-corrected chi connectivity index (χ4v) is 3.07. The van der Waals surface area contributed by atoms with Crippen LogP contribution in [0.25, 0.3) is 0 Å². The van der Waals surface area contributed by atoms with Crippen LogP contribution in [-0.4, -0.2) is 36.8 Å².